The van der Waals surface area contributed by atoms with E-state index < -0.39 is 6.04 Å². The van der Waals surface area contributed by atoms with Crippen molar-refractivity contribution >= 4 is 5.91 Å². The van der Waals surface area contributed by atoms with E-state index in [9.17, 15) is 4.79 Å². The molecule has 3 N–H and O–H groups in total. The normalized spacial score (nSPS) is 17.4. The van der Waals surface area contributed by atoms with Gasteiger partial charge in [-0.3, -0.25) is 9.69 Å². The number of likely N-dealkylation sites (tertiary alicyclic amines) is 1. The smallest absolute Gasteiger partial charge is 0.236 e. The van der Waals surface area contributed by atoms with Crippen molar-refractivity contribution in [3.8, 4) is 0 Å². The molecule has 0 bridgehead atoms. The van der Waals surface area contributed by atoms with Gasteiger partial charge < -0.3 is 11.1 Å². The van der Waals surface area contributed by atoms with Crippen LogP contribution < -0.4 is 11.1 Å². The molecule has 4 nitrogen and oxygen atoms in total. The Morgan fingerprint density at radius 2 is 2.05 bits per heavy atom. The summed E-state index contributed by atoms with van der Waals surface area (Å²) < 4.78 is 0. The fourth-order valence-corrected chi connectivity index (χ4v) is 2.39. The molecule has 1 aliphatic rings. The molecule has 0 aromatic heterocycles. The van der Waals surface area contributed by atoms with E-state index in [4.69, 9.17) is 5.73 Å². The third-order valence-corrected chi connectivity index (χ3v) is 3.48. The summed E-state index contributed by atoms with van der Waals surface area (Å²) >= 11 is 0. The molecule has 1 saturated heterocycles. The molecule has 1 unspecified atom stereocenters. The number of nitrogens with zero attached hydrogens (tertiary/aromatic N) is 1. The fraction of sp³-hybridized carbons (Fsp3) is 0.533. The lowest BCUT2D eigenvalue weighted by atomic mass is 10.1. The summed E-state index contributed by atoms with van der Waals surface area (Å²) in [4.78, 5) is 13.9. The SMILES string of the molecule is CC(N)C(=O)NCc1cccc(CN2CCCC2)c1. The fourth-order valence-electron chi connectivity index (χ4n) is 2.39. The summed E-state index contributed by atoms with van der Waals surface area (Å²) in [5.41, 5.74) is 7.96. The molecule has 0 radical (unpaired) electrons. The van der Waals surface area contributed by atoms with E-state index >= 15 is 0 Å². The third-order valence-electron chi connectivity index (χ3n) is 3.48. The van der Waals surface area contributed by atoms with Gasteiger partial charge in [-0.1, -0.05) is 24.3 Å². The van der Waals surface area contributed by atoms with Crippen molar-refractivity contribution in [1.29, 1.82) is 0 Å². The molecular weight excluding hydrogens is 238 g/mol. The number of nitrogens with one attached hydrogen (secondary N) is 1. The molecule has 1 atom stereocenters. The van der Waals surface area contributed by atoms with E-state index in [-0.39, 0.29) is 5.91 Å². The van der Waals surface area contributed by atoms with Gasteiger partial charge in [0.2, 0.25) is 5.91 Å². The van der Waals surface area contributed by atoms with Crippen LogP contribution in [0.5, 0.6) is 0 Å². The maximum absolute atomic E-state index is 11.4. The molecule has 0 aliphatic carbocycles. The number of benzene rings is 1. The van der Waals surface area contributed by atoms with Gasteiger partial charge in [0.25, 0.3) is 0 Å². The number of amides is 1. The second kappa shape index (κ2) is 6.68. The lowest BCUT2D eigenvalue weighted by Gasteiger charge is -2.15. The van der Waals surface area contributed by atoms with Crippen molar-refractivity contribution in [2.75, 3.05) is 13.1 Å². The minimum atomic E-state index is -0.451. The standard InChI is InChI=1S/C15H23N3O/c1-12(16)15(19)17-10-13-5-4-6-14(9-13)11-18-7-2-3-8-18/h4-6,9,12H,2-3,7-8,10-11,16H2,1H3,(H,17,19). The zero-order valence-electron chi connectivity index (χ0n) is 11.6. The van der Waals surface area contributed by atoms with E-state index in [1.165, 1.54) is 31.5 Å². The summed E-state index contributed by atoms with van der Waals surface area (Å²) in [6, 6.07) is 7.95. The molecular formula is C15H23N3O. The minimum absolute atomic E-state index is 0.107. The van der Waals surface area contributed by atoms with Crippen molar-refractivity contribution < 1.29 is 4.79 Å². The van der Waals surface area contributed by atoms with Gasteiger partial charge in [-0.25, -0.2) is 0 Å². The summed E-state index contributed by atoms with van der Waals surface area (Å²) in [7, 11) is 0. The summed E-state index contributed by atoms with van der Waals surface area (Å²) in [6.07, 6.45) is 2.62. The Morgan fingerprint density at radius 1 is 1.37 bits per heavy atom. The first-order chi connectivity index (χ1) is 9.15. The number of carbonyl (C=O) groups is 1. The molecule has 0 saturated carbocycles. The highest BCUT2D eigenvalue weighted by molar-refractivity contribution is 5.80. The van der Waals surface area contributed by atoms with Crippen LogP contribution in [0.25, 0.3) is 0 Å². The molecule has 1 heterocycles. The van der Waals surface area contributed by atoms with Gasteiger partial charge >= 0.3 is 0 Å². The van der Waals surface area contributed by atoms with Crippen molar-refractivity contribution in [2.24, 2.45) is 5.73 Å². The number of hydrogen-bond donors (Lipinski definition) is 2. The van der Waals surface area contributed by atoms with E-state index in [1.54, 1.807) is 6.92 Å². The highest BCUT2D eigenvalue weighted by Gasteiger charge is 2.12. The second-order valence-electron chi connectivity index (χ2n) is 5.31. The zero-order chi connectivity index (χ0) is 13.7. The van der Waals surface area contributed by atoms with Crippen LogP contribution in [-0.2, 0) is 17.9 Å². The van der Waals surface area contributed by atoms with Crippen LogP contribution in [0, 0.1) is 0 Å². The molecule has 1 aromatic carbocycles. The summed E-state index contributed by atoms with van der Waals surface area (Å²) in [5, 5.41) is 2.84. The van der Waals surface area contributed by atoms with Crippen molar-refractivity contribution in [2.45, 2.75) is 38.9 Å². The summed E-state index contributed by atoms with van der Waals surface area (Å²) in [5.74, 6) is -0.107. The van der Waals surface area contributed by atoms with E-state index in [1.807, 2.05) is 6.07 Å². The van der Waals surface area contributed by atoms with Gasteiger partial charge in [-0.05, 0) is 44.0 Å². The van der Waals surface area contributed by atoms with Gasteiger partial charge in [0.1, 0.15) is 0 Å². The first kappa shape index (κ1) is 14.0. The monoisotopic (exact) mass is 261 g/mol. The van der Waals surface area contributed by atoms with Crippen LogP contribution in [0.4, 0.5) is 0 Å². The molecule has 1 amide bonds. The van der Waals surface area contributed by atoms with Gasteiger partial charge in [0.15, 0.2) is 0 Å². The predicted molar refractivity (Wildman–Crippen MR) is 76.4 cm³/mol. The van der Waals surface area contributed by atoms with Crippen LogP contribution in [0.3, 0.4) is 0 Å². The van der Waals surface area contributed by atoms with Gasteiger partial charge in [0.05, 0.1) is 6.04 Å². The third kappa shape index (κ3) is 4.33. The first-order valence-corrected chi connectivity index (χ1v) is 6.98. The maximum atomic E-state index is 11.4. The molecule has 19 heavy (non-hydrogen) atoms. The van der Waals surface area contributed by atoms with Gasteiger partial charge in [-0.2, -0.15) is 0 Å². The zero-order valence-corrected chi connectivity index (χ0v) is 11.6. The van der Waals surface area contributed by atoms with E-state index in [2.05, 4.69) is 28.4 Å². The van der Waals surface area contributed by atoms with Crippen molar-refractivity contribution in [1.82, 2.24) is 10.2 Å². The topological polar surface area (TPSA) is 58.4 Å². The van der Waals surface area contributed by atoms with Crippen LogP contribution in [0.1, 0.15) is 30.9 Å². The van der Waals surface area contributed by atoms with E-state index in [0.717, 1.165) is 12.1 Å². The highest BCUT2D eigenvalue weighted by Crippen LogP contribution is 2.13. The predicted octanol–water partition coefficient (Wildman–Crippen LogP) is 1.25. The Hall–Kier alpha value is -1.39. The second-order valence-corrected chi connectivity index (χ2v) is 5.31. The van der Waals surface area contributed by atoms with Crippen LogP contribution in [0.2, 0.25) is 0 Å². The van der Waals surface area contributed by atoms with Crippen LogP contribution in [-0.4, -0.2) is 29.9 Å². The maximum Gasteiger partial charge on any atom is 0.236 e. The average molecular weight is 261 g/mol. The van der Waals surface area contributed by atoms with Crippen LogP contribution >= 0.6 is 0 Å². The molecule has 1 aromatic rings. The van der Waals surface area contributed by atoms with E-state index in [0.29, 0.717) is 6.54 Å². The van der Waals surface area contributed by atoms with Crippen LogP contribution in [0.15, 0.2) is 24.3 Å². The number of nitrogens with two attached hydrogens (primary N) is 1. The minimum Gasteiger partial charge on any atom is -0.351 e. The highest BCUT2D eigenvalue weighted by atomic mass is 16.2. The van der Waals surface area contributed by atoms with Gasteiger partial charge in [0, 0.05) is 13.1 Å². The largest absolute Gasteiger partial charge is 0.351 e. The Morgan fingerprint density at radius 3 is 2.74 bits per heavy atom. The molecule has 2 rings (SSSR count). The Balaban J connectivity index is 1.89. The molecule has 1 aliphatic heterocycles. The van der Waals surface area contributed by atoms with Crippen molar-refractivity contribution in [3.05, 3.63) is 35.4 Å². The number of rotatable bonds is 5. The Bertz CT molecular complexity index is 425. The molecule has 1 fully saturated rings. The Kier molecular flexibility index (Phi) is 4.93. The molecule has 4 heteroatoms. The number of carbonyl (C=O) groups excluding carboxylic acids is 1. The Labute approximate surface area is 115 Å². The lowest BCUT2D eigenvalue weighted by molar-refractivity contribution is -0.122. The first-order valence-electron chi connectivity index (χ1n) is 6.98. The number of hydrogen-bond acceptors (Lipinski definition) is 3. The quantitative estimate of drug-likeness (QED) is 0.838. The molecule has 0 spiro atoms. The molecule has 104 valence electrons. The summed E-state index contributed by atoms with van der Waals surface area (Å²) in [6.45, 7) is 5.65. The lowest BCUT2D eigenvalue weighted by Crippen LogP contribution is -2.37. The van der Waals surface area contributed by atoms with Crippen molar-refractivity contribution in [3.63, 3.8) is 0 Å². The average Bonchev–Trinajstić information content (AvgIpc) is 2.89. The van der Waals surface area contributed by atoms with Gasteiger partial charge in [-0.15, -0.1) is 0 Å².